The third-order valence-corrected chi connectivity index (χ3v) is 3.15. The summed E-state index contributed by atoms with van der Waals surface area (Å²) in [7, 11) is 0. The monoisotopic (exact) mass is 361 g/mol. The van der Waals surface area contributed by atoms with Crippen LogP contribution in [0.25, 0.3) is 0 Å². The van der Waals surface area contributed by atoms with Crippen molar-refractivity contribution in [3.05, 3.63) is 42.0 Å². The lowest BCUT2D eigenvalue weighted by Crippen LogP contribution is -2.35. The zero-order chi connectivity index (χ0) is 19.7. The highest BCUT2D eigenvalue weighted by Crippen LogP contribution is 2.15. The van der Waals surface area contributed by atoms with Crippen LogP contribution in [0.2, 0.25) is 0 Å². The van der Waals surface area contributed by atoms with Crippen LogP contribution < -0.4 is 16.0 Å². The maximum Gasteiger partial charge on any atom is 0.407 e. The van der Waals surface area contributed by atoms with Gasteiger partial charge in [-0.15, -0.1) is 0 Å². The van der Waals surface area contributed by atoms with Crippen LogP contribution >= 0.6 is 0 Å². The Hall–Kier alpha value is -2.83. The van der Waals surface area contributed by atoms with Gasteiger partial charge in [0.15, 0.2) is 0 Å². The van der Waals surface area contributed by atoms with Gasteiger partial charge in [-0.25, -0.2) is 4.79 Å². The molecule has 0 aromatic heterocycles. The zero-order valence-electron chi connectivity index (χ0n) is 15.8. The number of anilines is 1. The molecular formula is C19H27N3O4. The van der Waals surface area contributed by atoms with Gasteiger partial charge in [0, 0.05) is 30.8 Å². The Morgan fingerprint density at radius 1 is 1.12 bits per heavy atom. The Labute approximate surface area is 154 Å². The van der Waals surface area contributed by atoms with Gasteiger partial charge < -0.3 is 20.7 Å². The highest BCUT2D eigenvalue weighted by molar-refractivity contribution is 6.03. The van der Waals surface area contributed by atoms with Crippen LogP contribution in [0.4, 0.5) is 10.5 Å². The van der Waals surface area contributed by atoms with Crippen molar-refractivity contribution in [3.63, 3.8) is 0 Å². The van der Waals surface area contributed by atoms with E-state index in [1.165, 1.54) is 0 Å². The number of amides is 3. The van der Waals surface area contributed by atoms with Crippen molar-refractivity contribution < 1.29 is 19.1 Å². The maximum absolute atomic E-state index is 11.9. The number of benzene rings is 1. The number of hydrogen-bond donors (Lipinski definition) is 3. The summed E-state index contributed by atoms with van der Waals surface area (Å²) in [4.78, 5) is 35.2. The number of carbonyl (C=O) groups is 3. The first kappa shape index (κ1) is 21.2. The first-order valence-corrected chi connectivity index (χ1v) is 8.37. The van der Waals surface area contributed by atoms with Crippen LogP contribution in [0.1, 0.15) is 39.7 Å². The Bertz CT molecular complexity index is 678. The summed E-state index contributed by atoms with van der Waals surface area (Å²) in [5.41, 5.74) is 1.21. The van der Waals surface area contributed by atoms with E-state index in [0.717, 1.165) is 5.56 Å². The van der Waals surface area contributed by atoms with Crippen molar-refractivity contribution in [1.82, 2.24) is 10.6 Å². The quantitative estimate of drug-likeness (QED) is 0.651. The zero-order valence-corrected chi connectivity index (χ0v) is 15.8. The number of rotatable bonds is 7. The summed E-state index contributed by atoms with van der Waals surface area (Å²) in [6.07, 6.45) is -0.433. The van der Waals surface area contributed by atoms with Crippen molar-refractivity contribution in [3.8, 4) is 0 Å². The highest BCUT2D eigenvalue weighted by atomic mass is 16.6. The fourth-order valence-corrected chi connectivity index (χ4v) is 1.90. The summed E-state index contributed by atoms with van der Waals surface area (Å²) < 4.78 is 5.09. The Balaban J connectivity index is 2.44. The molecule has 0 aliphatic carbocycles. The first-order chi connectivity index (χ1) is 12.1. The number of nitrogens with one attached hydrogen (secondary N) is 3. The predicted octanol–water partition coefficient (Wildman–Crippen LogP) is 2.73. The number of para-hydroxylation sites is 1. The standard InChI is InChI=1S/C19H27N3O4/c1-13(2)17(24)22-15-9-7-6-8-14(15)12-21-16(23)10-11-20-18(25)26-19(3,4)5/h6-9H,1,10-12H2,2-5H3,(H,20,25)(H,21,23)(H,22,24). The second-order valence-corrected chi connectivity index (χ2v) is 6.85. The largest absolute Gasteiger partial charge is 0.444 e. The molecule has 3 amide bonds. The fraction of sp³-hybridized carbons (Fsp3) is 0.421. The SMILES string of the molecule is C=C(C)C(=O)Nc1ccccc1CNC(=O)CCNC(=O)OC(C)(C)C. The van der Waals surface area contributed by atoms with E-state index in [9.17, 15) is 14.4 Å². The van der Waals surface area contributed by atoms with Gasteiger partial charge in [0.05, 0.1) is 0 Å². The molecule has 0 bridgehead atoms. The molecule has 142 valence electrons. The lowest BCUT2D eigenvalue weighted by atomic mass is 10.1. The predicted molar refractivity (Wildman–Crippen MR) is 101 cm³/mol. The van der Waals surface area contributed by atoms with Gasteiger partial charge in [0.2, 0.25) is 5.91 Å². The van der Waals surface area contributed by atoms with E-state index in [4.69, 9.17) is 4.74 Å². The third kappa shape index (κ3) is 8.32. The van der Waals surface area contributed by atoms with Gasteiger partial charge in [0.1, 0.15) is 5.60 Å². The Morgan fingerprint density at radius 2 is 1.77 bits per heavy atom. The second kappa shape index (κ2) is 9.60. The molecule has 0 spiro atoms. The lowest BCUT2D eigenvalue weighted by Gasteiger charge is -2.19. The van der Waals surface area contributed by atoms with Crippen LogP contribution in [0.15, 0.2) is 36.4 Å². The molecule has 0 saturated carbocycles. The molecular weight excluding hydrogens is 334 g/mol. The molecule has 0 unspecified atom stereocenters. The number of ether oxygens (including phenoxy) is 1. The minimum absolute atomic E-state index is 0.125. The van der Waals surface area contributed by atoms with Crippen molar-refractivity contribution in [2.75, 3.05) is 11.9 Å². The molecule has 0 fully saturated rings. The van der Waals surface area contributed by atoms with E-state index in [-0.39, 0.29) is 31.3 Å². The van der Waals surface area contributed by atoms with Crippen molar-refractivity contribution in [2.45, 2.75) is 46.3 Å². The molecule has 1 aromatic carbocycles. The molecule has 1 aromatic rings. The number of carbonyl (C=O) groups excluding carboxylic acids is 3. The smallest absolute Gasteiger partial charge is 0.407 e. The van der Waals surface area contributed by atoms with E-state index in [2.05, 4.69) is 22.5 Å². The summed E-state index contributed by atoms with van der Waals surface area (Å²) in [6, 6.07) is 7.19. The minimum atomic E-state index is -0.579. The summed E-state index contributed by atoms with van der Waals surface area (Å²) in [5, 5.41) is 8.04. The van der Waals surface area contributed by atoms with Gasteiger partial charge in [-0.2, -0.15) is 0 Å². The first-order valence-electron chi connectivity index (χ1n) is 8.37. The average molecular weight is 361 g/mol. The molecule has 0 saturated heterocycles. The topological polar surface area (TPSA) is 96.5 Å². The molecule has 0 atom stereocenters. The van der Waals surface area contributed by atoms with Crippen LogP contribution in [0.5, 0.6) is 0 Å². The molecule has 0 radical (unpaired) electrons. The number of hydrogen-bond acceptors (Lipinski definition) is 4. The van der Waals surface area contributed by atoms with Gasteiger partial charge in [-0.05, 0) is 39.3 Å². The molecule has 0 aliphatic rings. The summed E-state index contributed by atoms with van der Waals surface area (Å²) >= 11 is 0. The van der Waals surface area contributed by atoms with Crippen molar-refractivity contribution in [1.29, 1.82) is 0 Å². The van der Waals surface area contributed by atoms with Gasteiger partial charge in [-0.3, -0.25) is 9.59 Å². The lowest BCUT2D eigenvalue weighted by molar-refractivity contribution is -0.121. The molecule has 1 rings (SSSR count). The van der Waals surface area contributed by atoms with E-state index in [1.807, 2.05) is 12.1 Å². The fourth-order valence-electron chi connectivity index (χ4n) is 1.90. The maximum atomic E-state index is 11.9. The van der Waals surface area contributed by atoms with Crippen LogP contribution in [-0.4, -0.2) is 30.1 Å². The van der Waals surface area contributed by atoms with E-state index < -0.39 is 11.7 Å². The van der Waals surface area contributed by atoms with E-state index >= 15 is 0 Å². The minimum Gasteiger partial charge on any atom is -0.444 e. The Morgan fingerprint density at radius 3 is 2.38 bits per heavy atom. The molecule has 7 nitrogen and oxygen atoms in total. The average Bonchev–Trinajstić information content (AvgIpc) is 2.52. The Kier molecular flexibility index (Phi) is 7.83. The van der Waals surface area contributed by atoms with Crippen molar-refractivity contribution in [2.24, 2.45) is 0 Å². The number of alkyl carbamates (subject to hydrolysis) is 1. The summed E-state index contributed by atoms with van der Waals surface area (Å²) in [6.45, 7) is 11.0. The van der Waals surface area contributed by atoms with Crippen LogP contribution in [-0.2, 0) is 20.9 Å². The third-order valence-electron chi connectivity index (χ3n) is 3.15. The molecule has 26 heavy (non-hydrogen) atoms. The molecule has 3 N–H and O–H groups in total. The van der Waals surface area contributed by atoms with Gasteiger partial charge in [-0.1, -0.05) is 24.8 Å². The van der Waals surface area contributed by atoms with E-state index in [0.29, 0.717) is 11.3 Å². The molecule has 0 heterocycles. The normalized spacial score (nSPS) is 10.6. The molecule has 0 aliphatic heterocycles. The van der Waals surface area contributed by atoms with Gasteiger partial charge in [0.25, 0.3) is 5.91 Å². The second-order valence-electron chi connectivity index (χ2n) is 6.85. The van der Waals surface area contributed by atoms with Gasteiger partial charge >= 0.3 is 6.09 Å². The van der Waals surface area contributed by atoms with Crippen LogP contribution in [0.3, 0.4) is 0 Å². The highest BCUT2D eigenvalue weighted by Gasteiger charge is 2.16. The molecule has 7 heteroatoms. The van der Waals surface area contributed by atoms with Crippen molar-refractivity contribution >= 4 is 23.6 Å². The summed E-state index contributed by atoms with van der Waals surface area (Å²) in [5.74, 6) is -0.493. The van der Waals surface area contributed by atoms with E-state index in [1.54, 1.807) is 39.8 Å². The van der Waals surface area contributed by atoms with Crippen LogP contribution in [0, 0.1) is 0 Å².